The van der Waals surface area contributed by atoms with Crippen molar-refractivity contribution < 1.29 is 24.0 Å². The largest absolute Gasteiger partial charge is 0.524 e. The van der Waals surface area contributed by atoms with E-state index >= 15 is 0 Å². The van der Waals surface area contributed by atoms with E-state index in [1.54, 1.807) is 6.92 Å². The third-order valence-electron chi connectivity index (χ3n) is 3.01. The van der Waals surface area contributed by atoms with E-state index in [0.717, 1.165) is 0 Å². The van der Waals surface area contributed by atoms with Crippen molar-refractivity contribution in [3.8, 4) is 11.5 Å². The Bertz CT molecular complexity index is 516. The second kappa shape index (κ2) is 5.53. The molecular formula is C13H21O5P. The van der Waals surface area contributed by atoms with Gasteiger partial charge in [-0.15, -0.1) is 0 Å². The number of hydrogen-bond donors (Lipinski definition) is 3. The lowest BCUT2D eigenvalue weighted by Gasteiger charge is -2.21. The molecule has 0 aromatic heterocycles. The highest BCUT2D eigenvalue weighted by atomic mass is 31.2. The second-order valence-electron chi connectivity index (χ2n) is 5.24. The number of phosphoric ester groups is 1. The monoisotopic (exact) mass is 288 g/mol. The standard InChI is InChI=1S/C13H21O5P/c1-7(2)10-6-11(18-19(15,16)17)9(5)12(8(3)4)13(10)14/h6-8,14H,1-5H3,(H2,15,16,17). The van der Waals surface area contributed by atoms with Crippen molar-refractivity contribution in [3.05, 3.63) is 22.8 Å². The van der Waals surface area contributed by atoms with Crippen LogP contribution in [0, 0.1) is 6.92 Å². The number of aromatic hydroxyl groups is 1. The molecule has 0 atom stereocenters. The summed E-state index contributed by atoms with van der Waals surface area (Å²) < 4.78 is 15.7. The third kappa shape index (κ3) is 3.72. The minimum atomic E-state index is -4.61. The molecule has 0 aliphatic rings. The Balaban J connectivity index is 3.52. The topological polar surface area (TPSA) is 87.0 Å². The van der Waals surface area contributed by atoms with Crippen molar-refractivity contribution >= 4 is 7.82 Å². The van der Waals surface area contributed by atoms with E-state index in [0.29, 0.717) is 16.7 Å². The summed E-state index contributed by atoms with van der Waals surface area (Å²) in [4.78, 5) is 17.9. The van der Waals surface area contributed by atoms with Crippen LogP contribution < -0.4 is 4.52 Å². The van der Waals surface area contributed by atoms with Crippen LogP contribution in [-0.2, 0) is 4.57 Å². The van der Waals surface area contributed by atoms with Gasteiger partial charge in [0, 0.05) is 11.1 Å². The number of rotatable bonds is 4. The normalized spacial score (nSPS) is 12.3. The van der Waals surface area contributed by atoms with E-state index in [1.165, 1.54) is 6.07 Å². The molecule has 3 N–H and O–H groups in total. The Hall–Kier alpha value is -1.03. The molecule has 6 heteroatoms. The molecule has 0 aliphatic heterocycles. The van der Waals surface area contributed by atoms with Gasteiger partial charge in [-0.3, -0.25) is 9.79 Å². The van der Waals surface area contributed by atoms with E-state index in [4.69, 9.17) is 14.3 Å². The number of phenolic OH excluding ortho intramolecular Hbond substituents is 1. The van der Waals surface area contributed by atoms with Gasteiger partial charge >= 0.3 is 7.82 Å². The lowest BCUT2D eigenvalue weighted by Crippen LogP contribution is -2.02. The molecule has 19 heavy (non-hydrogen) atoms. The molecule has 0 aliphatic carbocycles. The SMILES string of the molecule is Cc1c(OP(=O)(O)O)cc(C(C)C)c(O)c1C(C)C. The molecule has 1 aromatic carbocycles. The van der Waals surface area contributed by atoms with Gasteiger partial charge in [0.05, 0.1) is 0 Å². The molecular weight excluding hydrogens is 267 g/mol. The van der Waals surface area contributed by atoms with Crippen LogP contribution in [-0.4, -0.2) is 14.9 Å². The average Bonchev–Trinajstić information content (AvgIpc) is 2.19. The maximum absolute atomic E-state index is 11.0. The van der Waals surface area contributed by atoms with Crippen LogP contribution in [0.4, 0.5) is 0 Å². The van der Waals surface area contributed by atoms with Crippen LogP contribution in [0.3, 0.4) is 0 Å². The number of hydrogen-bond acceptors (Lipinski definition) is 3. The van der Waals surface area contributed by atoms with Crippen molar-refractivity contribution in [3.63, 3.8) is 0 Å². The van der Waals surface area contributed by atoms with Crippen LogP contribution >= 0.6 is 7.82 Å². The van der Waals surface area contributed by atoms with E-state index < -0.39 is 7.82 Å². The number of phosphoric acid groups is 1. The summed E-state index contributed by atoms with van der Waals surface area (Å²) in [7, 11) is -4.61. The quantitative estimate of drug-likeness (QED) is 0.739. The Morgan fingerprint density at radius 3 is 2.05 bits per heavy atom. The van der Waals surface area contributed by atoms with E-state index in [9.17, 15) is 9.67 Å². The predicted octanol–water partition coefficient (Wildman–Crippen LogP) is 3.42. The lowest BCUT2D eigenvalue weighted by atomic mass is 9.90. The first-order valence-electron chi connectivity index (χ1n) is 6.16. The number of benzene rings is 1. The molecule has 0 radical (unpaired) electrons. The van der Waals surface area contributed by atoms with Gasteiger partial charge in [0.25, 0.3) is 0 Å². The predicted molar refractivity (Wildman–Crippen MR) is 73.7 cm³/mol. The average molecular weight is 288 g/mol. The van der Waals surface area contributed by atoms with Crippen LogP contribution in [0.5, 0.6) is 11.5 Å². The smallest absolute Gasteiger partial charge is 0.507 e. The molecule has 0 bridgehead atoms. The third-order valence-corrected chi connectivity index (χ3v) is 3.44. The van der Waals surface area contributed by atoms with E-state index in [2.05, 4.69) is 0 Å². The summed E-state index contributed by atoms with van der Waals surface area (Å²) in [5.74, 6) is 0.356. The fourth-order valence-corrected chi connectivity index (χ4v) is 2.60. The van der Waals surface area contributed by atoms with Crippen molar-refractivity contribution in [2.24, 2.45) is 0 Å². The molecule has 108 valence electrons. The van der Waals surface area contributed by atoms with Gasteiger partial charge in [0.1, 0.15) is 11.5 Å². The summed E-state index contributed by atoms with van der Waals surface area (Å²) >= 11 is 0. The summed E-state index contributed by atoms with van der Waals surface area (Å²) in [5.41, 5.74) is 1.84. The molecule has 0 fully saturated rings. The fourth-order valence-electron chi connectivity index (χ4n) is 2.15. The fraction of sp³-hybridized carbons (Fsp3) is 0.538. The first kappa shape index (κ1) is 16.0. The van der Waals surface area contributed by atoms with E-state index in [1.807, 2.05) is 27.7 Å². The van der Waals surface area contributed by atoms with Crippen molar-refractivity contribution in [1.29, 1.82) is 0 Å². The van der Waals surface area contributed by atoms with Gasteiger partial charge in [-0.25, -0.2) is 4.57 Å². The first-order chi connectivity index (χ1) is 8.54. The molecule has 1 rings (SSSR count). The Labute approximate surface area is 113 Å². The van der Waals surface area contributed by atoms with Crippen molar-refractivity contribution in [1.82, 2.24) is 0 Å². The maximum Gasteiger partial charge on any atom is 0.524 e. The second-order valence-corrected chi connectivity index (χ2v) is 6.41. The molecule has 1 aromatic rings. The Morgan fingerprint density at radius 2 is 1.68 bits per heavy atom. The molecule has 0 saturated heterocycles. The van der Waals surface area contributed by atoms with Crippen LogP contribution in [0.2, 0.25) is 0 Å². The Morgan fingerprint density at radius 1 is 1.16 bits per heavy atom. The van der Waals surface area contributed by atoms with Crippen molar-refractivity contribution in [2.75, 3.05) is 0 Å². The molecule has 0 spiro atoms. The lowest BCUT2D eigenvalue weighted by molar-refractivity contribution is 0.282. The highest BCUT2D eigenvalue weighted by Gasteiger charge is 2.24. The Kier molecular flexibility index (Phi) is 4.67. The van der Waals surface area contributed by atoms with E-state index in [-0.39, 0.29) is 23.3 Å². The van der Waals surface area contributed by atoms with Gasteiger partial charge in [-0.1, -0.05) is 27.7 Å². The van der Waals surface area contributed by atoms with Gasteiger partial charge in [0.15, 0.2) is 0 Å². The summed E-state index contributed by atoms with van der Waals surface area (Å²) in [6, 6.07) is 1.50. The molecule has 0 saturated carbocycles. The zero-order valence-corrected chi connectivity index (χ0v) is 12.7. The summed E-state index contributed by atoms with van der Waals surface area (Å²) in [6.45, 7) is 9.30. The van der Waals surface area contributed by atoms with Gasteiger partial charge in [0.2, 0.25) is 0 Å². The molecule has 0 unspecified atom stereocenters. The summed E-state index contributed by atoms with van der Waals surface area (Å²) in [5, 5.41) is 10.3. The van der Waals surface area contributed by atoms with Gasteiger partial charge in [-0.05, 0) is 30.4 Å². The number of phenols is 1. The molecule has 5 nitrogen and oxygen atoms in total. The summed E-state index contributed by atoms with van der Waals surface area (Å²) in [6.07, 6.45) is 0. The first-order valence-corrected chi connectivity index (χ1v) is 7.69. The van der Waals surface area contributed by atoms with Gasteiger partial charge < -0.3 is 9.63 Å². The van der Waals surface area contributed by atoms with Crippen LogP contribution in [0.25, 0.3) is 0 Å². The zero-order valence-electron chi connectivity index (χ0n) is 11.8. The highest BCUT2D eigenvalue weighted by Crippen LogP contribution is 2.45. The van der Waals surface area contributed by atoms with Crippen molar-refractivity contribution in [2.45, 2.75) is 46.5 Å². The zero-order chi connectivity index (χ0) is 15.0. The maximum atomic E-state index is 11.0. The van der Waals surface area contributed by atoms with Crippen LogP contribution in [0.15, 0.2) is 6.07 Å². The van der Waals surface area contributed by atoms with Crippen LogP contribution in [0.1, 0.15) is 56.2 Å². The minimum absolute atomic E-state index is 0.0252. The van der Waals surface area contributed by atoms with Gasteiger partial charge in [-0.2, -0.15) is 0 Å². The highest BCUT2D eigenvalue weighted by molar-refractivity contribution is 7.46. The minimum Gasteiger partial charge on any atom is -0.507 e. The molecule has 0 heterocycles. The molecule has 0 amide bonds.